The van der Waals surface area contributed by atoms with Crippen molar-refractivity contribution in [3.8, 4) is 5.75 Å². The number of carbonyl (C=O) groups is 1. The minimum absolute atomic E-state index is 0.0305. The number of nitrogens with one attached hydrogen (secondary N) is 1. The molecule has 124 valence electrons. The van der Waals surface area contributed by atoms with Crippen LogP contribution in [0.1, 0.15) is 33.6 Å². The van der Waals surface area contributed by atoms with Crippen LogP contribution in [0, 0.1) is 0 Å². The van der Waals surface area contributed by atoms with E-state index in [1.165, 1.54) is 0 Å². The number of rotatable bonds is 10. The van der Waals surface area contributed by atoms with Crippen molar-refractivity contribution in [3.63, 3.8) is 0 Å². The van der Waals surface area contributed by atoms with Crippen LogP contribution in [0.2, 0.25) is 0 Å². The predicted molar refractivity (Wildman–Crippen MR) is 91.2 cm³/mol. The molecule has 0 spiro atoms. The summed E-state index contributed by atoms with van der Waals surface area (Å²) in [6, 6.07) is 7.56. The average molecular weight is 307 g/mol. The van der Waals surface area contributed by atoms with Gasteiger partial charge in [0.15, 0.2) is 0 Å². The molecular formula is C17H29N3O2. The Balaban J connectivity index is 2.52. The van der Waals surface area contributed by atoms with Crippen LogP contribution >= 0.6 is 0 Å². The van der Waals surface area contributed by atoms with Gasteiger partial charge in [-0.25, -0.2) is 0 Å². The van der Waals surface area contributed by atoms with Crippen LogP contribution in [0.5, 0.6) is 5.75 Å². The summed E-state index contributed by atoms with van der Waals surface area (Å²) in [4.78, 5) is 14.2. The Bertz CT molecular complexity index is 445. The van der Waals surface area contributed by atoms with Crippen LogP contribution in [0.15, 0.2) is 24.3 Å². The van der Waals surface area contributed by atoms with Gasteiger partial charge in [0, 0.05) is 19.0 Å². The number of likely N-dealkylation sites (N-methyl/N-ethyl adjacent to an activating group) is 1. The molecule has 0 aliphatic carbocycles. The lowest BCUT2D eigenvalue weighted by atomic mass is 10.2. The van der Waals surface area contributed by atoms with Gasteiger partial charge in [0.25, 0.3) is 0 Å². The molecule has 1 amide bonds. The number of hydrogen-bond donors (Lipinski definition) is 2. The maximum atomic E-state index is 11.9. The van der Waals surface area contributed by atoms with Gasteiger partial charge in [-0.3, -0.25) is 4.79 Å². The summed E-state index contributed by atoms with van der Waals surface area (Å²) in [6.07, 6.45) is 1.10. The second kappa shape index (κ2) is 10.2. The molecule has 22 heavy (non-hydrogen) atoms. The van der Waals surface area contributed by atoms with Gasteiger partial charge in [-0.1, -0.05) is 26.0 Å². The van der Waals surface area contributed by atoms with Crippen molar-refractivity contribution in [2.45, 2.75) is 39.7 Å². The maximum absolute atomic E-state index is 11.9. The first-order chi connectivity index (χ1) is 10.6. The molecular weight excluding hydrogens is 278 g/mol. The van der Waals surface area contributed by atoms with E-state index in [0.717, 1.165) is 25.3 Å². The van der Waals surface area contributed by atoms with E-state index in [0.29, 0.717) is 25.2 Å². The fraction of sp³-hybridized carbons (Fsp3) is 0.588. The van der Waals surface area contributed by atoms with Crippen LogP contribution in [-0.4, -0.2) is 43.1 Å². The first kappa shape index (κ1) is 18.5. The molecule has 3 N–H and O–H groups in total. The van der Waals surface area contributed by atoms with Gasteiger partial charge < -0.3 is 20.7 Å². The number of ether oxygens (including phenoxy) is 1. The minimum Gasteiger partial charge on any atom is -0.490 e. The van der Waals surface area contributed by atoms with Crippen molar-refractivity contribution < 1.29 is 9.53 Å². The molecule has 0 aliphatic rings. The molecule has 0 aliphatic heterocycles. The van der Waals surface area contributed by atoms with E-state index in [2.05, 4.69) is 24.1 Å². The summed E-state index contributed by atoms with van der Waals surface area (Å²) in [7, 11) is 0. The van der Waals surface area contributed by atoms with Crippen molar-refractivity contribution in [1.82, 2.24) is 4.90 Å². The Labute approximate surface area is 133 Å². The highest BCUT2D eigenvalue weighted by molar-refractivity contribution is 5.92. The predicted octanol–water partition coefficient (Wildman–Crippen LogP) is 2.47. The summed E-state index contributed by atoms with van der Waals surface area (Å²) in [6.45, 7) is 9.67. The Morgan fingerprint density at radius 3 is 2.64 bits per heavy atom. The van der Waals surface area contributed by atoms with Gasteiger partial charge in [-0.2, -0.15) is 0 Å². The smallest absolute Gasteiger partial charge is 0.224 e. The molecule has 0 saturated carbocycles. The topological polar surface area (TPSA) is 67.6 Å². The van der Waals surface area contributed by atoms with Crippen LogP contribution in [0.25, 0.3) is 0 Å². The number of anilines is 1. The Morgan fingerprint density at radius 1 is 1.32 bits per heavy atom. The molecule has 0 aromatic heterocycles. The van der Waals surface area contributed by atoms with Crippen LogP contribution in [0.3, 0.4) is 0 Å². The monoisotopic (exact) mass is 307 g/mol. The van der Waals surface area contributed by atoms with E-state index in [9.17, 15) is 4.79 Å². The van der Waals surface area contributed by atoms with Crippen molar-refractivity contribution >= 4 is 11.6 Å². The summed E-state index contributed by atoms with van der Waals surface area (Å²) in [5.74, 6) is 0.681. The Morgan fingerprint density at radius 2 is 2.00 bits per heavy atom. The Hall–Kier alpha value is -1.59. The number of nitrogens with zero attached hydrogens (tertiary/aromatic N) is 1. The van der Waals surface area contributed by atoms with Gasteiger partial charge >= 0.3 is 0 Å². The number of para-hydroxylation sites is 2. The molecule has 0 fully saturated rings. The summed E-state index contributed by atoms with van der Waals surface area (Å²) in [5, 5.41) is 2.90. The maximum Gasteiger partial charge on any atom is 0.224 e. The lowest BCUT2D eigenvalue weighted by Gasteiger charge is -2.19. The van der Waals surface area contributed by atoms with Crippen LogP contribution < -0.4 is 15.8 Å². The third kappa shape index (κ3) is 6.91. The summed E-state index contributed by atoms with van der Waals surface area (Å²) < 4.78 is 5.82. The lowest BCUT2D eigenvalue weighted by Crippen LogP contribution is -2.28. The molecule has 5 nitrogen and oxygen atoms in total. The summed E-state index contributed by atoms with van der Waals surface area (Å²) >= 11 is 0. The minimum atomic E-state index is -0.0305. The highest BCUT2D eigenvalue weighted by atomic mass is 16.5. The third-order valence-corrected chi connectivity index (χ3v) is 3.55. The van der Waals surface area contributed by atoms with Crippen molar-refractivity contribution in [3.05, 3.63) is 24.3 Å². The van der Waals surface area contributed by atoms with E-state index >= 15 is 0 Å². The zero-order chi connectivity index (χ0) is 16.4. The number of amides is 1. The molecule has 5 heteroatoms. The standard InChI is InChI=1S/C17H29N3O2/c1-4-20(5-2)12-13-22-16-9-7-6-8-15(16)19-17(21)11-10-14(3)18/h6-9,14H,4-5,10-13,18H2,1-3H3,(H,19,21). The van der Waals surface area contributed by atoms with Gasteiger partial charge in [-0.15, -0.1) is 0 Å². The van der Waals surface area contributed by atoms with Crippen molar-refractivity contribution in [2.75, 3.05) is 31.6 Å². The van der Waals surface area contributed by atoms with E-state index in [4.69, 9.17) is 10.5 Å². The summed E-state index contributed by atoms with van der Waals surface area (Å²) in [5.41, 5.74) is 6.39. The molecule has 1 atom stereocenters. The molecule has 1 rings (SSSR count). The number of hydrogen-bond acceptors (Lipinski definition) is 4. The Kier molecular flexibility index (Phi) is 8.55. The van der Waals surface area contributed by atoms with E-state index in [1.54, 1.807) is 0 Å². The number of nitrogens with two attached hydrogens (primary N) is 1. The molecule has 1 aromatic carbocycles. The number of carbonyl (C=O) groups excluding carboxylic acids is 1. The molecule has 0 radical (unpaired) electrons. The number of benzene rings is 1. The quantitative estimate of drug-likeness (QED) is 0.697. The van der Waals surface area contributed by atoms with E-state index < -0.39 is 0 Å². The zero-order valence-electron chi connectivity index (χ0n) is 14.0. The van der Waals surface area contributed by atoms with Crippen LogP contribution in [-0.2, 0) is 4.79 Å². The van der Waals surface area contributed by atoms with Gasteiger partial charge in [0.1, 0.15) is 12.4 Å². The SMILES string of the molecule is CCN(CC)CCOc1ccccc1NC(=O)CCC(C)N. The lowest BCUT2D eigenvalue weighted by molar-refractivity contribution is -0.116. The van der Waals surface area contributed by atoms with Gasteiger partial charge in [0.2, 0.25) is 5.91 Å². The molecule has 0 bridgehead atoms. The van der Waals surface area contributed by atoms with E-state index in [1.807, 2.05) is 31.2 Å². The van der Waals surface area contributed by atoms with Gasteiger partial charge in [0.05, 0.1) is 5.69 Å². The van der Waals surface area contributed by atoms with Crippen molar-refractivity contribution in [1.29, 1.82) is 0 Å². The second-order valence-corrected chi connectivity index (χ2v) is 5.44. The van der Waals surface area contributed by atoms with Crippen LogP contribution in [0.4, 0.5) is 5.69 Å². The fourth-order valence-corrected chi connectivity index (χ4v) is 2.09. The van der Waals surface area contributed by atoms with Gasteiger partial charge in [-0.05, 0) is 38.6 Å². The molecule has 0 saturated heterocycles. The third-order valence-electron chi connectivity index (χ3n) is 3.55. The fourth-order valence-electron chi connectivity index (χ4n) is 2.09. The first-order valence-corrected chi connectivity index (χ1v) is 8.06. The molecule has 1 aromatic rings. The van der Waals surface area contributed by atoms with Crippen molar-refractivity contribution in [2.24, 2.45) is 5.73 Å². The molecule has 0 heterocycles. The second-order valence-electron chi connectivity index (χ2n) is 5.44. The highest BCUT2D eigenvalue weighted by Crippen LogP contribution is 2.24. The average Bonchev–Trinajstić information content (AvgIpc) is 2.51. The highest BCUT2D eigenvalue weighted by Gasteiger charge is 2.09. The normalized spacial score (nSPS) is 12.2. The molecule has 1 unspecified atom stereocenters. The van der Waals surface area contributed by atoms with E-state index in [-0.39, 0.29) is 11.9 Å². The zero-order valence-corrected chi connectivity index (χ0v) is 14.0. The largest absolute Gasteiger partial charge is 0.490 e. The first-order valence-electron chi connectivity index (χ1n) is 8.06.